The standard InChI is InChI=1S/C16H22N2O4S/c1-11(2)9-17-16(21)18-14(19)10-22-15(20)12(3)23-13-7-5-4-6-8-13/h4-8,11-12H,9-10H2,1-3H3,(H2,17,18,19,21)/t12-/m0/s1. The number of ether oxygens (including phenoxy) is 1. The molecule has 1 aromatic carbocycles. The number of thioether (sulfide) groups is 1. The Morgan fingerprint density at radius 2 is 1.78 bits per heavy atom. The lowest BCUT2D eigenvalue weighted by molar-refractivity contribution is -0.147. The Labute approximate surface area is 140 Å². The molecular formula is C16H22N2O4S. The summed E-state index contributed by atoms with van der Waals surface area (Å²) in [6, 6.07) is 8.83. The molecule has 0 spiro atoms. The fraction of sp³-hybridized carbons (Fsp3) is 0.438. The van der Waals surface area contributed by atoms with Gasteiger partial charge in [0, 0.05) is 11.4 Å². The molecule has 2 N–H and O–H groups in total. The molecule has 0 bridgehead atoms. The molecule has 1 rings (SSSR count). The van der Waals surface area contributed by atoms with Gasteiger partial charge < -0.3 is 10.1 Å². The first-order valence-corrected chi connectivity index (χ1v) is 8.22. The van der Waals surface area contributed by atoms with Gasteiger partial charge in [-0.25, -0.2) is 4.79 Å². The van der Waals surface area contributed by atoms with Crippen molar-refractivity contribution in [3.05, 3.63) is 30.3 Å². The van der Waals surface area contributed by atoms with E-state index in [1.54, 1.807) is 6.92 Å². The van der Waals surface area contributed by atoms with Crippen LogP contribution in [0.5, 0.6) is 0 Å². The van der Waals surface area contributed by atoms with Gasteiger partial charge in [-0.2, -0.15) is 0 Å². The van der Waals surface area contributed by atoms with Gasteiger partial charge in [0.15, 0.2) is 6.61 Å². The second kappa shape index (κ2) is 9.89. The highest BCUT2D eigenvalue weighted by Crippen LogP contribution is 2.23. The van der Waals surface area contributed by atoms with E-state index in [1.807, 2.05) is 44.2 Å². The van der Waals surface area contributed by atoms with Crippen LogP contribution in [0, 0.1) is 5.92 Å². The molecule has 0 aromatic heterocycles. The average Bonchev–Trinajstić information content (AvgIpc) is 2.51. The number of imide groups is 1. The number of nitrogens with one attached hydrogen (secondary N) is 2. The van der Waals surface area contributed by atoms with E-state index in [0.717, 1.165) is 4.90 Å². The largest absolute Gasteiger partial charge is 0.455 e. The number of benzene rings is 1. The zero-order valence-electron chi connectivity index (χ0n) is 13.5. The van der Waals surface area contributed by atoms with Crippen LogP contribution in [0.3, 0.4) is 0 Å². The van der Waals surface area contributed by atoms with Crippen molar-refractivity contribution in [1.29, 1.82) is 0 Å². The lowest BCUT2D eigenvalue weighted by atomic mass is 10.2. The third-order valence-electron chi connectivity index (χ3n) is 2.66. The summed E-state index contributed by atoms with van der Waals surface area (Å²) in [7, 11) is 0. The summed E-state index contributed by atoms with van der Waals surface area (Å²) in [6.07, 6.45) is 0. The highest BCUT2D eigenvalue weighted by atomic mass is 32.2. The predicted octanol–water partition coefficient (Wildman–Crippen LogP) is 2.19. The van der Waals surface area contributed by atoms with Crippen molar-refractivity contribution in [1.82, 2.24) is 10.6 Å². The van der Waals surface area contributed by atoms with E-state index in [-0.39, 0.29) is 5.92 Å². The topological polar surface area (TPSA) is 84.5 Å². The summed E-state index contributed by atoms with van der Waals surface area (Å²) in [6.45, 7) is 5.57. The van der Waals surface area contributed by atoms with Crippen LogP contribution in [0.25, 0.3) is 0 Å². The minimum absolute atomic E-state index is 0.282. The quantitative estimate of drug-likeness (QED) is 0.588. The molecule has 0 radical (unpaired) electrons. The van der Waals surface area contributed by atoms with Crippen LogP contribution < -0.4 is 10.6 Å². The Hall–Kier alpha value is -2.02. The average molecular weight is 338 g/mol. The number of hydrogen-bond acceptors (Lipinski definition) is 5. The van der Waals surface area contributed by atoms with Crippen molar-refractivity contribution in [3.8, 4) is 0 Å². The fourth-order valence-corrected chi connectivity index (χ4v) is 2.40. The van der Waals surface area contributed by atoms with Crippen molar-refractivity contribution in [3.63, 3.8) is 0 Å². The first-order valence-electron chi connectivity index (χ1n) is 7.34. The van der Waals surface area contributed by atoms with Gasteiger partial charge in [-0.05, 0) is 25.0 Å². The van der Waals surface area contributed by atoms with E-state index in [2.05, 4.69) is 10.6 Å². The predicted molar refractivity (Wildman–Crippen MR) is 89.1 cm³/mol. The van der Waals surface area contributed by atoms with Crippen LogP contribution in [-0.2, 0) is 14.3 Å². The molecule has 0 unspecified atom stereocenters. The van der Waals surface area contributed by atoms with Crippen molar-refractivity contribution >= 4 is 29.7 Å². The number of carbonyl (C=O) groups is 3. The number of hydrogen-bond donors (Lipinski definition) is 2. The molecule has 6 nitrogen and oxygen atoms in total. The van der Waals surface area contributed by atoms with E-state index < -0.39 is 29.8 Å². The summed E-state index contributed by atoms with van der Waals surface area (Å²) in [5, 5.41) is 4.20. The smallest absolute Gasteiger partial charge is 0.321 e. The Morgan fingerprint density at radius 3 is 2.39 bits per heavy atom. The number of rotatable bonds is 7. The monoisotopic (exact) mass is 338 g/mol. The maximum Gasteiger partial charge on any atom is 0.321 e. The van der Waals surface area contributed by atoms with Gasteiger partial charge in [-0.15, -0.1) is 11.8 Å². The Balaban J connectivity index is 2.29. The van der Waals surface area contributed by atoms with Crippen molar-refractivity contribution < 1.29 is 19.1 Å². The number of amides is 3. The summed E-state index contributed by atoms with van der Waals surface area (Å²) in [5.74, 6) is -0.877. The maximum absolute atomic E-state index is 11.8. The molecule has 23 heavy (non-hydrogen) atoms. The SMILES string of the molecule is CC(C)CNC(=O)NC(=O)COC(=O)[C@H](C)Sc1ccccc1. The van der Waals surface area contributed by atoms with Gasteiger partial charge in [0.25, 0.3) is 5.91 Å². The van der Waals surface area contributed by atoms with Crippen molar-refractivity contribution in [2.45, 2.75) is 30.9 Å². The van der Waals surface area contributed by atoms with E-state index in [9.17, 15) is 14.4 Å². The Bertz CT molecular complexity index is 534. The second-order valence-corrected chi connectivity index (χ2v) is 6.75. The summed E-state index contributed by atoms with van der Waals surface area (Å²) >= 11 is 1.34. The highest BCUT2D eigenvalue weighted by Gasteiger charge is 2.18. The molecular weight excluding hydrogens is 316 g/mol. The maximum atomic E-state index is 11.8. The van der Waals surface area contributed by atoms with Gasteiger partial charge in [0.05, 0.1) is 0 Å². The van der Waals surface area contributed by atoms with E-state index in [0.29, 0.717) is 6.54 Å². The third kappa shape index (κ3) is 8.25. The van der Waals surface area contributed by atoms with Crippen molar-refractivity contribution in [2.24, 2.45) is 5.92 Å². The molecule has 0 aliphatic carbocycles. The first kappa shape index (κ1) is 19.0. The van der Waals surface area contributed by atoms with Crippen LogP contribution in [0.2, 0.25) is 0 Å². The molecule has 0 fully saturated rings. The molecule has 1 atom stereocenters. The molecule has 126 valence electrons. The number of esters is 1. The molecule has 7 heteroatoms. The van der Waals surface area contributed by atoms with Crippen LogP contribution in [0.15, 0.2) is 35.2 Å². The summed E-state index contributed by atoms with van der Waals surface area (Å²) in [4.78, 5) is 35.7. The summed E-state index contributed by atoms with van der Waals surface area (Å²) in [5.41, 5.74) is 0. The molecule has 0 aliphatic heterocycles. The zero-order chi connectivity index (χ0) is 17.2. The normalized spacial score (nSPS) is 11.7. The Kier molecular flexibility index (Phi) is 8.18. The molecule has 0 saturated heterocycles. The van der Waals surface area contributed by atoms with E-state index in [1.165, 1.54) is 11.8 Å². The van der Waals surface area contributed by atoms with Crippen LogP contribution in [-0.4, -0.2) is 36.3 Å². The zero-order valence-corrected chi connectivity index (χ0v) is 14.3. The van der Waals surface area contributed by atoms with E-state index >= 15 is 0 Å². The minimum Gasteiger partial charge on any atom is -0.455 e. The first-order chi connectivity index (χ1) is 10.9. The van der Waals surface area contributed by atoms with Crippen molar-refractivity contribution in [2.75, 3.05) is 13.2 Å². The molecule has 0 heterocycles. The van der Waals surface area contributed by atoms with Gasteiger partial charge in [0.1, 0.15) is 5.25 Å². The minimum atomic E-state index is -0.656. The second-order valence-electron chi connectivity index (χ2n) is 5.33. The van der Waals surface area contributed by atoms with Crippen LogP contribution in [0.4, 0.5) is 4.79 Å². The lowest BCUT2D eigenvalue weighted by Gasteiger charge is -2.11. The highest BCUT2D eigenvalue weighted by molar-refractivity contribution is 8.00. The molecule has 0 saturated carbocycles. The fourth-order valence-electron chi connectivity index (χ4n) is 1.51. The van der Waals surface area contributed by atoms with Crippen LogP contribution in [0.1, 0.15) is 20.8 Å². The molecule has 3 amide bonds. The van der Waals surface area contributed by atoms with Gasteiger partial charge >= 0.3 is 12.0 Å². The van der Waals surface area contributed by atoms with Gasteiger partial charge in [-0.3, -0.25) is 14.9 Å². The molecule has 1 aromatic rings. The molecule has 0 aliphatic rings. The summed E-state index contributed by atoms with van der Waals surface area (Å²) < 4.78 is 4.91. The Morgan fingerprint density at radius 1 is 1.13 bits per heavy atom. The third-order valence-corrected chi connectivity index (χ3v) is 3.75. The van der Waals surface area contributed by atoms with E-state index in [4.69, 9.17) is 4.74 Å². The van der Waals surface area contributed by atoms with Gasteiger partial charge in [-0.1, -0.05) is 32.0 Å². The van der Waals surface area contributed by atoms with Gasteiger partial charge in [0.2, 0.25) is 0 Å². The number of urea groups is 1. The lowest BCUT2D eigenvalue weighted by Crippen LogP contribution is -2.42. The number of carbonyl (C=O) groups excluding carboxylic acids is 3. The van der Waals surface area contributed by atoms with Crippen LogP contribution >= 0.6 is 11.8 Å².